The summed E-state index contributed by atoms with van der Waals surface area (Å²) in [4.78, 5) is 3.78. The molecule has 0 saturated carbocycles. The van der Waals surface area contributed by atoms with Gasteiger partial charge in [-0.25, -0.2) is 13.0 Å². The van der Waals surface area contributed by atoms with Crippen LogP contribution in [0.1, 0.15) is 12.5 Å². The van der Waals surface area contributed by atoms with Gasteiger partial charge in [-0.15, -0.1) is 0 Å². The molecule has 144 valence electrons. The Morgan fingerprint density at radius 2 is 1.93 bits per heavy atom. The van der Waals surface area contributed by atoms with Gasteiger partial charge in [0.2, 0.25) is 6.20 Å². The average Bonchev–Trinajstić information content (AvgIpc) is 2.90. The molecule has 0 aromatic carbocycles. The summed E-state index contributed by atoms with van der Waals surface area (Å²) in [6.07, 6.45) is -3.07. The lowest BCUT2D eigenvalue weighted by molar-refractivity contribution is -0.897. The van der Waals surface area contributed by atoms with Crippen molar-refractivity contribution in [3.8, 4) is 11.5 Å². The van der Waals surface area contributed by atoms with Crippen molar-refractivity contribution in [2.45, 2.75) is 18.0 Å². The Labute approximate surface area is 151 Å². The highest BCUT2D eigenvalue weighted by Gasteiger charge is 2.38. The number of sulfone groups is 1. The minimum Gasteiger partial charge on any atom is -0.350 e. The highest BCUT2D eigenvalue weighted by Crippen LogP contribution is 2.31. The van der Waals surface area contributed by atoms with Crippen LogP contribution in [-0.4, -0.2) is 34.1 Å². The van der Waals surface area contributed by atoms with Crippen LogP contribution in [0.5, 0.6) is 0 Å². The van der Waals surface area contributed by atoms with E-state index in [1.165, 1.54) is 30.7 Å². The van der Waals surface area contributed by atoms with Crippen LogP contribution >= 0.6 is 0 Å². The van der Waals surface area contributed by atoms with E-state index in [-0.39, 0.29) is 38.1 Å². The highest BCUT2D eigenvalue weighted by molar-refractivity contribution is 7.91. The second kappa shape index (κ2) is 6.08. The molecule has 27 heavy (non-hydrogen) atoms. The van der Waals surface area contributed by atoms with Crippen LogP contribution in [-0.2, 0) is 23.1 Å². The molecule has 3 aromatic rings. The van der Waals surface area contributed by atoms with Crippen molar-refractivity contribution < 1.29 is 41.5 Å². The van der Waals surface area contributed by atoms with Crippen molar-refractivity contribution in [3.05, 3.63) is 36.2 Å². The molecule has 0 spiro atoms. The highest BCUT2D eigenvalue weighted by atomic mass is 32.2. The molecule has 0 atom stereocenters. The fraction of sp³-hybridized carbons (Fsp3) is 0.267. The van der Waals surface area contributed by atoms with Gasteiger partial charge in [0.25, 0.3) is 0 Å². The molecule has 12 heteroatoms. The average molecular weight is 404 g/mol. The molecule has 0 aliphatic heterocycles. The Hall–Kier alpha value is -2.89. The van der Waals surface area contributed by atoms with E-state index in [2.05, 4.69) is 4.98 Å². The lowest BCUT2D eigenvalue weighted by atomic mass is 10.2. The van der Waals surface area contributed by atoms with E-state index in [1.54, 1.807) is 0 Å². The maximum Gasteiger partial charge on any atom is 0.420 e. The number of aromatic nitrogens is 4. The molecule has 2 N–H and O–H groups in total. The standard InChI is InChI=1S/C15H15F3N4O4S/c1-3-27(25,26)11-5-4-6-21(23)12(11)13-19-10-7-9(15(16,17)18)8-22(24)14(10)20(13)2/h4-8,23-24H,3H2,1-2H3/q+2. The largest absolute Gasteiger partial charge is 0.420 e. The zero-order valence-electron chi connectivity index (χ0n) is 14.1. The van der Waals surface area contributed by atoms with Gasteiger partial charge in [0.1, 0.15) is 16.7 Å². The van der Waals surface area contributed by atoms with Gasteiger partial charge in [-0.1, -0.05) is 6.92 Å². The van der Waals surface area contributed by atoms with Gasteiger partial charge in [-0.3, -0.25) is 5.21 Å². The second-order valence-corrected chi connectivity index (χ2v) is 7.99. The summed E-state index contributed by atoms with van der Waals surface area (Å²) >= 11 is 0. The summed E-state index contributed by atoms with van der Waals surface area (Å²) in [5, 5.41) is 20.1. The number of pyridine rings is 2. The number of imidazole rings is 1. The molecule has 0 unspecified atom stereocenters. The molecule has 3 rings (SSSR count). The molecule has 0 amide bonds. The van der Waals surface area contributed by atoms with Crippen molar-refractivity contribution in [3.63, 3.8) is 0 Å². The first-order valence-electron chi connectivity index (χ1n) is 7.63. The Kier molecular flexibility index (Phi) is 4.25. The molecule has 0 fully saturated rings. The zero-order valence-corrected chi connectivity index (χ0v) is 15.0. The van der Waals surface area contributed by atoms with Crippen LogP contribution in [0.15, 0.2) is 35.5 Å². The molecular weight excluding hydrogens is 389 g/mol. The summed E-state index contributed by atoms with van der Waals surface area (Å²) in [5.41, 5.74) is -1.70. The van der Waals surface area contributed by atoms with E-state index >= 15 is 0 Å². The summed E-state index contributed by atoms with van der Waals surface area (Å²) in [6, 6.07) is 3.29. The first-order valence-corrected chi connectivity index (χ1v) is 9.28. The van der Waals surface area contributed by atoms with Crippen LogP contribution in [0, 0.1) is 0 Å². The predicted octanol–water partition coefficient (Wildman–Crippen LogP) is 1.10. The van der Waals surface area contributed by atoms with Gasteiger partial charge >= 0.3 is 23.3 Å². The molecule has 0 saturated heterocycles. The van der Waals surface area contributed by atoms with Crippen LogP contribution in [0.2, 0.25) is 0 Å². The third-order valence-corrected chi connectivity index (χ3v) is 5.81. The Morgan fingerprint density at radius 3 is 2.52 bits per heavy atom. The van der Waals surface area contributed by atoms with E-state index in [4.69, 9.17) is 0 Å². The van der Waals surface area contributed by atoms with Gasteiger partial charge in [0.05, 0.1) is 12.8 Å². The van der Waals surface area contributed by atoms with Gasteiger partial charge < -0.3 is 5.21 Å². The number of fused-ring (bicyclic) bond motifs is 1. The number of aryl methyl sites for hydroxylation is 1. The van der Waals surface area contributed by atoms with E-state index in [1.807, 2.05) is 0 Å². The monoisotopic (exact) mass is 404 g/mol. The van der Waals surface area contributed by atoms with E-state index in [9.17, 15) is 32.0 Å². The molecule has 0 aliphatic carbocycles. The van der Waals surface area contributed by atoms with Crippen molar-refractivity contribution in [1.29, 1.82) is 0 Å². The maximum absolute atomic E-state index is 13.0. The summed E-state index contributed by atoms with van der Waals surface area (Å²) < 4.78 is 65.6. The fourth-order valence-corrected chi connectivity index (χ4v) is 3.80. The smallest absolute Gasteiger partial charge is 0.350 e. The normalized spacial score (nSPS) is 12.6. The summed E-state index contributed by atoms with van der Waals surface area (Å²) in [6.45, 7) is 1.42. The number of hydrogen-bond donors (Lipinski definition) is 2. The van der Waals surface area contributed by atoms with Crippen LogP contribution < -0.4 is 9.46 Å². The first-order chi connectivity index (χ1) is 12.5. The summed E-state index contributed by atoms with van der Waals surface area (Å²) in [5.74, 6) is -0.395. The number of hydrogen-bond acceptors (Lipinski definition) is 5. The van der Waals surface area contributed by atoms with Gasteiger partial charge in [-0.2, -0.15) is 18.2 Å². The van der Waals surface area contributed by atoms with Crippen molar-refractivity contribution >= 4 is 21.0 Å². The second-order valence-electron chi connectivity index (χ2n) is 5.74. The SMILES string of the molecule is CCS(=O)(=O)c1ccc[n+](O)c1-c1nc2cc(C(F)(F)F)c[n+](O)c2n1C. The minimum atomic E-state index is -4.71. The molecule has 3 aromatic heterocycles. The Balaban J connectivity index is 2.38. The lowest BCUT2D eigenvalue weighted by Gasteiger charge is -2.04. The number of nitrogens with zero attached hydrogens (tertiary/aromatic N) is 4. The van der Waals surface area contributed by atoms with Crippen molar-refractivity contribution in [1.82, 2.24) is 9.55 Å². The Morgan fingerprint density at radius 1 is 1.26 bits per heavy atom. The van der Waals surface area contributed by atoms with Crippen LogP contribution in [0.3, 0.4) is 0 Å². The van der Waals surface area contributed by atoms with E-state index in [0.717, 1.165) is 12.3 Å². The molecule has 0 bridgehead atoms. The van der Waals surface area contributed by atoms with E-state index < -0.39 is 21.6 Å². The maximum atomic E-state index is 13.0. The number of rotatable bonds is 3. The van der Waals surface area contributed by atoms with Gasteiger partial charge in [-0.05, 0) is 16.9 Å². The minimum absolute atomic E-state index is 0.110. The van der Waals surface area contributed by atoms with Crippen LogP contribution in [0.25, 0.3) is 22.7 Å². The van der Waals surface area contributed by atoms with Crippen LogP contribution in [0.4, 0.5) is 13.2 Å². The number of alkyl halides is 3. The molecular formula is C15H15F3N4O4S+2. The third-order valence-electron chi connectivity index (χ3n) is 4.05. The molecule has 8 nitrogen and oxygen atoms in total. The number of halogens is 3. The lowest BCUT2D eigenvalue weighted by Crippen LogP contribution is -2.36. The van der Waals surface area contributed by atoms with Crippen molar-refractivity contribution in [2.24, 2.45) is 7.05 Å². The third kappa shape index (κ3) is 3.05. The van der Waals surface area contributed by atoms with Crippen molar-refractivity contribution in [2.75, 3.05) is 5.75 Å². The quantitative estimate of drug-likeness (QED) is 0.503. The molecule has 3 heterocycles. The first kappa shape index (κ1) is 18.9. The molecule has 0 radical (unpaired) electrons. The molecule has 0 aliphatic rings. The Bertz CT molecular complexity index is 1160. The predicted molar refractivity (Wildman–Crippen MR) is 83.6 cm³/mol. The fourth-order valence-electron chi connectivity index (χ4n) is 2.72. The van der Waals surface area contributed by atoms with E-state index in [0.29, 0.717) is 10.9 Å². The zero-order chi connectivity index (χ0) is 20.1. The van der Waals surface area contributed by atoms with Gasteiger partial charge in [0, 0.05) is 10.8 Å². The topological polar surface area (TPSA) is 100 Å². The van der Waals surface area contributed by atoms with Gasteiger partial charge in [0.15, 0.2) is 15.4 Å². The summed E-state index contributed by atoms with van der Waals surface area (Å²) in [7, 11) is -2.40.